The van der Waals surface area contributed by atoms with E-state index in [1.54, 1.807) is 0 Å². The summed E-state index contributed by atoms with van der Waals surface area (Å²) in [6, 6.07) is 7.05. The van der Waals surface area contributed by atoms with Gasteiger partial charge < -0.3 is 5.32 Å². The van der Waals surface area contributed by atoms with Crippen molar-refractivity contribution in [1.29, 1.82) is 0 Å². The third kappa shape index (κ3) is 3.60. The Balaban J connectivity index is 2.86. The van der Waals surface area contributed by atoms with E-state index in [2.05, 4.69) is 60.2 Å². The van der Waals surface area contributed by atoms with Crippen molar-refractivity contribution in [3.63, 3.8) is 0 Å². The average molecular weight is 284 g/mol. The first-order valence-corrected chi connectivity index (χ1v) is 6.81. The van der Waals surface area contributed by atoms with E-state index in [0.29, 0.717) is 6.04 Å². The lowest BCUT2D eigenvalue weighted by molar-refractivity contribution is 0.421. The highest BCUT2D eigenvalue weighted by molar-refractivity contribution is 9.10. The molecule has 90 valence electrons. The van der Waals surface area contributed by atoms with Gasteiger partial charge in [0.2, 0.25) is 0 Å². The summed E-state index contributed by atoms with van der Waals surface area (Å²) < 4.78 is 1.22. The molecule has 0 aromatic heterocycles. The topological polar surface area (TPSA) is 12.0 Å². The van der Waals surface area contributed by atoms with Crippen molar-refractivity contribution < 1.29 is 0 Å². The lowest BCUT2D eigenvalue weighted by atomic mass is 9.94. The predicted molar refractivity (Wildman–Crippen MR) is 74.8 cm³/mol. The number of rotatable bonds is 5. The normalized spacial score (nSPS) is 14.8. The highest BCUT2D eigenvalue weighted by Gasteiger charge is 2.15. The van der Waals surface area contributed by atoms with Gasteiger partial charge in [-0.1, -0.05) is 48.3 Å². The molecule has 0 aliphatic carbocycles. The van der Waals surface area contributed by atoms with Gasteiger partial charge >= 0.3 is 0 Å². The Morgan fingerprint density at radius 3 is 2.56 bits per heavy atom. The van der Waals surface area contributed by atoms with Crippen molar-refractivity contribution in [1.82, 2.24) is 5.32 Å². The Labute approximate surface area is 108 Å². The maximum Gasteiger partial charge on any atom is 0.0331 e. The quantitative estimate of drug-likeness (QED) is 0.842. The number of hydrogen-bond donors (Lipinski definition) is 1. The molecule has 0 aliphatic heterocycles. The summed E-state index contributed by atoms with van der Waals surface area (Å²) >= 11 is 3.66. The first kappa shape index (κ1) is 13.7. The van der Waals surface area contributed by atoms with E-state index < -0.39 is 0 Å². The van der Waals surface area contributed by atoms with Gasteiger partial charge in [0, 0.05) is 10.5 Å². The Morgan fingerprint density at radius 1 is 1.38 bits per heavy atom. The van der Waals surface area contributed by atoms with E-state index in [1.165, 1.54) is 28.4 Å². The summed E-state index contributed by atoms with van der Waals surface area (Å²) in [5, 5.41) is 3.41. The summed E-state index contributed by atoms with van der Waals surface area (Å²) in [4.78, 5) is 0. The van der Waals surface area contributed by atoms with Crippen LogP contribution in [0, 0.1) is 12.8 Å². The Hall–Kier alpha value is -0.340. The zero-order valence-corrected chi connectivity index (χ0v) is 12.3. The molecule has 1 aromatic rings. The third-order valence-corrected chi connectivity index (χ3v) is 3.90. The number of halogens is 1. The zero-order chi connectivity index (χ0) is 12.1. The molecule has 1 aromatic carbocycles. The smallest absolute Gasteiger partial charge is 0.0331 e. The second-order valence-electron chi connectivity index (χ2n) is 4.62. The summed E-state index contributed by atoms with van der Waals surface area (Å²) in [6.45, 7) is 6.69. The third-order valence-electron chi connectivity index (χ3n) is 3.21. The molecule has 0 bridgehead atoms. The molecule has 1 rings (SSSR count). The van der Waals surface area contributed by atoms with Gasteiger partial charge in [0.05, 0.1) is 0 Å². The van der Waals surface area contributed by atoms with Gasteiger partial charge in [0.1, 0.15) is 0 Å². The molecule has 16 heavy (non-hydrogen) atoms. The molecule has 2 atom stereocenters. The summed E-state index contributed by atoms with van der Waals surface area (Å²) in [6.07, 6.45) is 2.43. The molecule has 1 nitrogen and oxygen atoms in total. The number of benzene rings is 1. The van der Waals surface area contributed by atoms with Gasteiger partial charge in [-0.25, -0.2) is 0 Å². The lowest BCUT2D eigenvalue weighted by Crippen LogP contribution is -2.19. The number of aryl methyl sites for hydroxylation is 1. The molecule has 0 aliphatic rings. The molecule has 2 heteroatoms. The van der Waals surface area contributed by atoms with E-state index in [-0.39, 0.29) is 0 Å². The fourth-order valence-corrected chi connectivity index (χ4v) is 2.65. The highest BCUT2D eigenvalue weighted by Crippen LogP contribution is 2.29. The minimum Gasteiger partial charge on any atom is -0.313 e. The lowest BCUT2D eigenvalue weighted by Gasteiger charge is -2.21. The van der Waals surface area contributed by atoms with Crippen molar-refractivity contribution in [2.45, 2.75) is 39.7 Å². The second-order valence-corrected chi connectivity index (χ2v) is 5.47. The molecular formula is C14H22BrN. The molecule has 0 spiro atoms. The second kappa shape index (κ2) is 6.41. The van der Waals surface area contributed by atoms with Gasteiger partial charge in [0.25, 0.3) is 0 Å². The highest BCUT2D eigenvalue weighted by atomic mass is 79.9. The van der Waals surface area contributed by atoms with Crippen molar-refractivity contribution in [3.8, 4) is 0 Å². The van der Waals surface area contributed by atoms with Crippen molar-refractivity contribution in [2.24, 2.45) is 5.92 Å². The molecule has 0 saturated heterocycles. The summed E-state index contributed by atoms with van der Waals surface area (Å²) in [5.41, 5.74) is 2.67. The predicted octanol–water partition coefficient (Wildman–Crippen LogP) is 4.45. The van der Waals surface area contributed by atoms with E-state index in [1.807, 2.05) is 7.05 Å². The average Bonchev–Trinajstić information content (AvgIpc) is 2.26. The largest absolute Gasteiger partial charge is 0.313 e. The Morgan fingerprint density at radius 2 is 2.06 bits per heavy atom. The van der Waals surface area contributed by atoms with Crippen LogP contribution in [0.4, 0.5) is 0 Å². The van der Waals surface area contributed by atoms with Gasteiger partial charge in [-0.15, -0.1) is 0 Å². The fraction of sp³-hybridized carbons (Fsp3) is 0.571. The van der Waals surface area contributed by atoms with E-state index >= 15 is 0 Å². The maximum atomic E-state index is 3.66. The number of nitrogens with one attached hydrogen (secondary N) is 1. The minimum absolute atomic E-state index is 0.449. The summed E-state index contributed by atoms with van der Waals surface area (Å²) in [7, 11) is 2.04. The first-order chi connectivity index (χ1) is 7.58. The van der Waals surface area contributed by atoms with Gasteiger partial charge in [-0.3, -0.25) is 0 Å². The molecule has 0 radical (unpaired) electrons. The molecule has 1 N–H and O–H groups in total. The van der Waals surface area contributed by atoms with Crippen LogP contribution >= 0.6 is 15.9 Å². The van der Waals surface area contributed by atoms with Crippen molar-refractivity contribution in [3.05, 3.63) is 33.8 Å². The molecule has 0 amide bonds. The van der Waals surface area contributed by atoms with Crippen LogP contribution in [0.25, 0.3) is 0 Å². The van der Waals surface area contributed by atoms with E-state index in [9.17, 15) is 0 Å². The SMILES string of the molecule is CCC(C)CC(NC)c1ccc(C)cc1Br. The number of hydrogen-bond acceptors (Lipinski definition) is 1. The molecular weight excluding hydrogens is 262 g/mol. The zero-order valence-electron chi connectivity index (χ0n) is 10.7. The minimum atomic E-state index is 0.449. The molecule has 0 heterocycles. The van der Waals surface area contributed by atoms with Crippen LogP contribution in [0.5, 0.6) is 0 Å². The Bertz CT molecular complexity index is 336. The van der Waals surface area contributed by atoms with Crippen LogP contribution in [0.3, 0.4) is 0 Å². The standard InChI is InChI=1S/C14H22BrN/c1-5-10(2)9-14(16-4)12-7-6-11(3)8-13(12)15/h6-8,10,14,16H,5,9H2,1-4H3. The van der Waals surface area contributed by atoms with E-state index in [4.69, 9.17) is 0 Å². The van der Waals surface area contributed by atoms with Gasteiger partial charge in [-0.05, 0) is 43.5 Å². The summed E-state index contributed by atoms with van der Waals surface area (Å²) in [5.74, 6) is 0.755. The molecule has 2 unspecified atom stereocenters. The molecule has 0 saturated carbocycles. The van der Waals surface area contributed by atoms with Crippen LogP contribution in [-0.2, 0) is 0 Å². The molecule has 0 fully saturated rings. The van der Waals surface area contributed by atoms with Gasteiger partial charge in [0.15, 0.2) is 0 Å². The van der Waals surface area contributed by atoms with Crippen molar-refractivity contribution in [2.75, 3.05) is 7.05 Å². The van der Waals surface area contributed by atoms with Crippen LogP contribution in [0.1, 0.15) is 43.9 Å². The Kier molecular flexibility index (Phi) is 5.50. The van der Waals surface area contributed by atoms with E-state index in [0.717, 1.165) is 5.92 Å². The maximum absolute atomic E-state index is 3.66. The van der Waals surface area contributed by atoms with Crippen LogP contribution in [-0.4, -0.2) is 7.05 Å². The van der Waals surface area contributed by atoms with Crippen LogP contribution < -0.4 is 5.32 Å². The monoisotopic (exact) mass is 283 g/mol. The first-order valence-electron chi connectivity index (χ1n) is 6.01. The van der Waals surface area contributed by atoms with Crippen molar-refractivity contribution >= 4 is 15.9 Å². The fourth-order valence-electron chi connectivity index (χ4n) is 1.88. The van der Waals surface area contributed by atoms with Gasteiger partial charge in [-0.2, -0.15) is 0 Å². The van der Waals surface area contributed by atoms with Crippen LogP contribution in [0.2, 0.25) is 0 Å². The van der Waals surface area contributed by atoms with Crippen LogP contribution in [0.15, 0.2) is 22.7 Å².